The molecule has 0 aromatic carbocycles. The van der Waals surface area contributed by atoms with Crippen molar-refractivity contribution in [3.63, 3.8) is 0 Å². The number of imidazole rings is 1. The molecular weight excluding hydrogens is 222 g/mol. The standard InChI is InChI=1S/C15H19N3/c1-10-6-7-12-4-3-5-13(15(12)18-10)8-14-11(2)16-9-17-14/h6-7,9,13H,3-5,8H2,1-2H3,(H,16,17). The average Bonchev–Trinajstić information content (AvgIpc) is 2.76. The maximum absolute atomic E-state index is 4.77. The Bertz CT molecular complexity index is 557. The third-order valence-corrected chi connectivity index (χ3v) is 3.91. The van der Waals surface area contributed by atoms with Crippen molar-refractivity contribution >= 4 is 0 Å². The van der Waals surface area contributed by atoms with Crippen molar-refractivity contribution in [2.75, 3.05) is 0 Å². The van der Waals surface area contributed by atoms with E-state index < -0.39 is 0 Å². The fourth-order valence-electron chi connectivity index (χ4n) is 2.87. The lowest BCUT2D eigenvalue weighted by atomic mass is 9.83. The van der Waals surface area contributed by atoms with Crippen molar-refractivity contribution in [1.82, 2.24) is 15.0 Å². The van der Waals surface area contributed by atoms with Gasteiger partial charge in [-0.1, -0.05) is 6.07 Å². The molecule has 1 atom stereocenters. The highest BCUT2D eigenvalue weighted by atomic mass is 14.9. The second-order valence-electron chi connectivity index (χ2n) is 5.26. The Hall–Kier alpha value is -1.64. The Labute approximate surface area is 108 Å². The average molecular weight is 241 g/mol. The summed E-state index contributed by atoms with van der Waals surface area (Å²) in [6, 6.07) is 4.38. The molecule has 0 saturated carbocycles. The van der Waals surface area contributed by atoms with Gasteiger partial charge in [0.1, 0.15) is 0 Å². The van der Waals surface area contributed by atoms with Gasteiger partial charge in [0.15, 0.2) is 0 Å². The first-order valence-corrected chi connectivity index (χ1v) is 6.69. The van der Waals surface area contributed by atoms with Gasteiger partial charge in [0.2, 0.25) is 0 Å². The first-order valence-electron chi connectivity index (χ1n) is 6.69. The van der Waals surface area contributed by atoms with E-state index in [9.17, 15) is 0 Å². The topological polar surface area (TPSA) is 41.6 Å². The molecule has 1 unspecified atom stereocenters. The first-order chi connectivity index (χ1) is 8.74. The molecule has 0 amide bonds. The van der Waals surface area contributed by atoms with Gasteiger partial charge in [-0.05, 0) is 51.2 Å². The van der Waals surface area contributed by atoms with Crippen LogP contribution in [-0.4, -0.2) is 15.0 Å². The van der Waals surface area contributed by atoms with Crippen molar-refractivity contribution in [2.45, 2.75) is 45.4 Å². The number of aryl methyl sites for hydroxylation is 3. The van der Waals surface area contributed by atoms with Crippen LogP contribution >= 0.6 is 0 Å². The SMILES string of the molecule is Cc1ccc2c(n1)C(Cc1nc[nH]c1C)CCC2. The van der Waals surface area contributed by atoms with Crippen molar-refractivity contribution in [3.8, 4) is 0 Å². The summed E-state index contributed by atoms with van der Waals surface area (Å²) in [7, 11) is 0. The van der Waals surface area contributed by atoms with Crippen molar-refractivity contribution < 1.29 is 0 Å². The van der Waals surface area contributed by atoms with Gasteiger partial charge in [-0.2, -0.15) is 0 Å². The number of nitrogens with one attached hydrogen (secondary N) is 1. The molecule has 2 heterocycles. The number of hydrogen-bond donors (Lipinski definition) is 1. The summed E-state index contributed by atoms with van der Waals surface area (Å²) in [6.07, 6.45) is 6.48. The number of aromatic nitrogens is 3. The molecule has 1 N–H and O–H groups in total. The predicted octanol–water partition coefficient (Wildman–Crippen LogP) is 3.08. The maximum atomic E-state index is 4.77. The quantitative estimate of drug-likeness (QED) is 0.877. The van der Waals surface area contributed by atoms with E-state index in [1.54, 1.807) is 6.33 Å². The molecule has 0 fully saturated rings. The van der Waals surface area contributed by atoms with Crippen LogP contribution in [0.2, 0.25) is 0 Å². The summed E-state index contributed by atoms with van der Waals surface area (Å²) < 4.78 is 0. The predicted molar refractivity (Wildman–Crippen MR) is 71.7 cm³/mol. The number of pyridine rings is 1. The summed E-state index contributed by atoms with van der Waals surface area (Å²) in [4.78, 5) is 12.4. The molecule has 0 bridgehead atoms. The van der Waals surface area contributed by atoms with Gasteiger partial charge in [0, 0.05) is 23.0 Å². The van der Waals surface area contributed by atoms with Crippen LogP contribution in [0.25, 0.3) is 0 Å². The number of fused-ring (bicyclic) bond motifs is 1. The molecule has 2 aromatic heterocycles. The van der Waals surface area contributed by atoms with E-state index >= 15 is 0 Å². The number of H-pyrrole nitrogens is 1. The van der Waals surface area contributed by atoms with E-state index in [4.69, 9.17) is 4.98 Å². The highest BCUT2D eigenvalue weighted by Crippen LogP contribution is 2.32. The highest BCUT2D eigenvalue weighted by molar-refractivity contribution is 5.29. The molecular formula is C15H19N3. The van der Waals surface area contributed by atoms with E-state index in [2.05, 4.69) is 35.9 Å². The third-order valence-electron chi connectivity index (χ3n) is 3.91. The van der Waals surface area contributed by atoms with Crippen LogP contribution in [0.4, 0.5) is 0 Å². The Morgan fingerprint density at radius 2 is 2.22 bits per heavy atom. The molecule has 1 aliphatic rings. The van der Waals surface area contributed by atoms with E-state index in [0.717, 1.165) is 12.1 Å². The van der Waals surface area contributed by atoms with Crippen molar-refractivity contribution in [2.24, 2.45) is 0 Å². The lowest BCUT2D eigenvalue weighted by Crippen LogP contribution is -2.15. The van der Waals surface area contributed by atoms with Gasteiger partial charge in [0.05, 0.1) is 12.0 Å². The fourth-order valence-corrected chi connectivity index (χ4v) is 2.87. The van der Waals surface area contributed by atoms with Crippen molar-refractivity contribution in [3.05, 3.63) is 46.8 Å². The Balaban J connectivity index is 1.91. The van der Waals surface area contributed by atoms with Crippen molar-refractivity contribution in [1.29, 1.82) is 0 Å². The van der Waals surface area contributed by atoms with Crippen LogP contribution in [0.15, 0.2) is 18.5 Å². The minimum Gasteiger partial charge on any atom is -0.348 e. The molecule has 3 heteroatoms. The highest BCUT2D eigenvalue weighted by Gasteiger charge is 2.23. The van der Waals surface area contributed by atoms with Gasteiger partial charge in [-0.15, -0.1) is 0 Å². The molecule has 0 radical (unpaired) electrons. The molecule has 94 valence electrons. The molecule has 18 heavy (non-hydrogen) atoms. The smallest absolute Gasteiger partial charge is 0.0925 e. The number of nitrogens with zero attached hydrogens (tertiary/aromatic N) is 2. The van der Waals surface area contributed by atoms with Crippen LogP contribution in [0, 0.1) is 13.8 Å². The van der Waals surface area contributed by atoms with Crippen LogP contribution in [0.3, 0.4) is 0 Å². The zero-order valence-corrected chi connectivity index (χ0v) is 11.0. The van der Waals surface area contributed by atoms with Gasteiger partial charge in [-0.25, -0.2) is 4.98 Å². The van der Waals surface area contributed by atoms with Gasteiger partial charge in [-0.3, -0.25) is 4.98 Å². The minimum atomic E-state index is 0.538. The molecule has 0 aliphatic heterocycles. The zero-order valence-electron chi connectivity index (χ0n) is 11.0. The molecule has 1 aliphatic carbocycles. The fraction of sp³-hybridized carbons (Fsp3) is 0.467. The Morgan fingerprint density at radius 1 is 1.33 bits per heavy atom. The Kier molecular flexibility index (Phi) is 2.90. The largest absolute Gasteiger partial charge is 0.348 e. The van der Waals surface area contributed by atoms with E-state index in [1.807, 2.05) is 0 Å². The monoisotopic (exact) mass is 241 g/mol. The summed E-state index contributed by atoms with van der Waals surface area (Å²) in [6.45, 7) is 4.17. The summed E-state index contributed by atoms with van der Waals surface area (Å²) in [5.41, 5.74) is 6.25. The minimum absolute atomic E-state index is 0.538. The van der Waals surface area contributed by atoms with Crippen LogP contribution < -0.4 is 0 Å². The molecule has 0 spiro atoms. The van der Waals surface area contributed by atoms with E-state index in [-0.39, 0.29) is 0 Å². The maximum Gasteiger partial charge on any atom is 0.0925 e. The third kappa shape index (κ3) is 2.05. The molecule has 3 nitrogen and oxygen atoms in total. The zero-order chi connectivity index (χ0) is 12.5. The van der Waals surface area contributed by atoms with E-state index in [0.29, 0.717) is 5.92 Å². The van der Waals surface area contributed by atoms with Gasteiger partial charge < -0.3 is 4.98 Å². The summed E-state index contributed by atoms with van der Waals surface area (Å²) >= 11 is 0. The van der Waals surface area contributed by atoms with Crippen LogP contribution in [0.1, 0.15) is 47.1 Å². The van der Waals surface area contributed by atoms with Gasteiger partial charge >= 0.3 is 0 Å². The van der Waals surface area contributed by atoms with Crippen LogP contribution in [0.5, 0.6) is 0 Å². The van der Waals surface area contributed by atoms with Crippen LogP contribution in [-0.2, 0) is 12.8 Å². The first kappa shape index (κ1) is 11.5. The Morgan fingerprint density at radius 3 is 3.00 bits per heavy atom. The number of hydrogen-bond acceptors (Lipinski definition) is 2. The number of aromatic amines is 1. The molecule has 0 saturated heterocycles. The molecule has 2 aromatic rings. The summed E-state index contributed by atoms with van der Waals surface area (Å²) in [5.74, 6) is 0.538. The normalized spacial score (nSPS) is 18.7. The molecule has 3 rings (SSSR count). The van der Waals surface area contributed by atoms with Gasteiger partial charge in [0.25, 0.3) is 0 Å². The second kappa shape index (κ2) is 4.56. The van der Waals surface area contributed by atoms with E-state index in [1.165, 1.54) is 41.9 Å². The lowest BCUT2D eigenvalue weighted by Gasteiger charge is -2.24. The lowest BCUT2D eigenvalue weighted by molar-refractivity contribution is 0.529. The summed E-state index contributed by atoms with van der Waals surface area (Å²) in [5, 5.41) is 0. The second-order valence-corrected chi connectivity index (χ2v) is 5.26. The number of rotatable bonds is 2.